The third kappa shape index (κ3) is 11.4. The molecule has 0 aromatic rings. The number of aliphatic imine (C=N–C) groups is 1. The molecule has 0 spiro atoms. The first kappa shape index (κ1) is 16.2. The van der Waals surface area contributed by atoms with Gasteiger partial charge in [-0.2, -0.15) is 0 Å². The summed E-state index contributed by atoms with van der Waals surface area (Å²) >= 11 is 3.22. The van der Waals surface area contributed by atoms with Crippen molar-refractivity contribution in [1.82, 2.24) is 5.06 Å². The van der Waals surface area contributed by atoms with Gasteiger partial charge in [0.2, 0.25) is 0 Å². The summed E-state index contributed by atoms with van der Waals surface area (Å²) in [6.45, 7) is 10.2. The fraction of sp³-hybridized carbons (Fsp3) is 0.500. The van der Waals surface area contributed by atoms with Crippen LogP contribution < -0.4 is 0 Å². The Morgan fingerprint density at radius 3 is 2.82 bits per heavy atom. The van der Waals surface area contributed by atoms with Gasteiger partial charge in [-0.3, -0.25) is 0 Å². The zero-order chi connectivity index (χ0) is 12.9. The van der Waals surface area contributed by atoms with Crippen LogP contribution in [0.15, 0.2) is 28.3 Å². The molecule has 5 heteroatoms. The summed E-state index contributed by atoms with van der Waals surface area (Å²) in [6, 6.07) is 0. The van der Waals surface area contributed by atoms with Crippen LogP contribution in [0.25, 0.3) is 0 Å². The van der Waals surface area contributed by atoms with Crippen LogP contribution in [0.2, 0.25) is 0 Å². The molecule has 0 aliphatic rings. The van der Waals surface area contributed by atoms with Gasteiger partial charge in [0, 0.05) is 0 Å². The summed E-state index contributed by atoms with van der Waals surface area (Å²) in [5.41, 5.74) is 0. The fourth-order valence-electron chi connectivity index (χ4n) is 1.16. The predicted octanol–water partition coefficient (Wildman–Crippen LogP) is 3.30. The van der Waals surface area contributed by atoms with Gasteiger partial charge in [0.25, 0.3) is 0 Å². The van der Waals surface area contributed by atoms with Gasteiger partial charge in [0.05, 0.1) is 0 Å². The van der Waals surface area contributed by atoms with Crippen LogP contribution in [0, 0.1) is 0 Å². The van der Waals surface area contributed by atoms with Crippen LogP contribution in [0.5, 0.6) is 0 Å². The van der Waals surface area contributed by atoms with E-state index in [1.807, 2.05) is 0 Å². The molecule has 0 saturated carbocycles. The molecule has 0 aromatic carbocycles. The molecule has 0 aliphatic heterocycles. The second-order valence-corrected chi connectivity index (χ2v) is 4.52. The predicted molar refractivity (Wildman–Crippen MR) is 80.5 cm³/mol. The van der Waals surface area contributed by atoms with Gasteiger partial charge in [-0.25, -0.2) is 0 Å². The Kier molecular flexibility index (Phi) is 11.1. The number of hydroxylamine groups is 2. The van der Waals surface area contributed by atoms with Gasteiger partial charge in [-0.15, -0.1) is 0 Å². The average Bonchev–Trinajstić information content (AvgIpc) is 2.29. The molecule has 0 aromatic heterocycles. The zero-order valence-corrected chi connectivity index (χ0v) is 12.0. The van der Waals surface area contributed by atoms with Crippen molar-refractivity contribution in [1.29, 1.82) is 0 Å². The number of hydrogen-bond donors (Lipinski definition) is 0. The minimum absolute atomic E-state index is 0.786. The maximum atomic E-state index is 5.21. The Labute approximate surface area is 113 Å². The van der Waals surface area contributed by atoms with Crippen molar-refractivity contribution in [2.24, 2.45) is 4.99 Å². The summed E-state index contributed by atoms with van der Waals surface area (Å²) in [7, 11) is 1.40. The fourth-order valence-corrected chi connectivity index (χ4v) is 1.28. The quantitative estimate of drug-likeness (QED) is 0.154. The van der Waals surface area contributed by atoms with Crippen LogP contribution in [-0.4, -0.2) is 31.5 Å². The van der Waals surface area contributed by atoms with Crippen molar-refractivity contribution in [3.05, 3.63) is 23.3 Å². The number of rotatable bonds is 10. The molecule has 0 bridgehead atoms. The normalized spacial score (nSPS) is 10.7. The van der Waals surface area contributed by atoms with Crippen LogP contribution in [0.3, 0.4) is 0 Å². The first-order valence-electron chi connectivity index (χ1n) is 5.79. The molecule has 0 saturated heterocycles. The van der Waals surface area contributed by atoms with Crippen molar-refractivity contribution < 1.29 is 4.76 Å². The molecule has 0 heterocycles. The molecule has 0 rings (SSSR count). The first-order valence-corrected chi connectivity index (χ1v) is 6.58. The van der Waals surface area contributed by atoms with Crippen molar-refractivity contribution in [3.8, 4) is 0 Å². The average molecular weight is 299 g/mol. The molecule has 0 atom stereocenters. The molecule has 0 aliphatic carbocycles. The molecule has 0 amide bonds. The standard InChI is InChI=1S/C12H20BBrN2O/c1-4-5-6-7-10-16(17-13-3)11-15-9-8-12(2)14/h8-9,11H,2-7,10H2,1H3/b9-8-,15-11?. The first-order chi connectivity index (χ1) is 8.20. The minimum atomic E-state index is 0.786. The molecule has 0 fully saturated rings. The van der Waals surface area contributed by atoms with Gasteiger partial charge in [0.15, 0.2) is 0 Å². The number of nitrogens with zero attached hydrogens (tertiary/aromatic N) is 2. The van der Waals surface area contributed by atoms with Gasteiger partial charge in [0.1, 0.15) is 0 Å². The van der Waals surface area contributed by atoms with Gasteiger partial charge < -0.3 is 0 Å². The molecule has 3 nitrogen and oxygen atoms in total. The Morgan fingerprint density at radius 1 is 1.47 bits per heavy atom. The number of halogens is 1. The molecular formula is C12H20BBrN2O. The van der Waals surface area contributed by atoms with E-state index in [9.17, 15) is 0 Å². The SMILES string of the molecule is C=BON(C=N/C=C\C(=C)Br)CCCCCC. The van der Waals surface area contributed by atoms with Crippen LogP contribution >= 0.6 is 15.9 Å². The molecule has 0 N–H and O–H groups in total. The zero-order valence-electron chi connectivity index (χ0n) is 10.4. The second-order valence-electron chi connectivity index (χ2n) is 3.50. The van der Waals surface area contributed by atoms with Crippen molar-refractivity contribution >= 4 is 35.9 Å². The van der Waals surface area contributed by atoms with E-state index in [1.54, 1.807) is 23.7 Å². The van der Waals surface area contributed by atoms with Gasteiger partial charge in [-0.05, 0) is 0 Å². The van der Waals surface area contributed by atoms with Gasteiger partial charge >= 0.3 is 113 Å². The van der Waals surface area contributed by atoms with E-state index in [-0.39, 0.29) is 0 Å². The topological polar surface area (TPSA) is 24.8 Å². The molecule has 17 heavy (non-hydrogen) atoms. The van der Waals surface area contributed by atoms with E-state index in [1.165, 1.54) is 26.4 Å². The summed E-state index contributed by atoms with van der Waals surface area (Å²) in [4.78, 5) is 4.09. The van der Waals surface area contributed by atoms with Gasteiger partial charge in [-0.1, -0.05) is 0 Å². The summed E-state index contributed by atoms with van der Waals surface area (Å²) in [5.74, 6) is 0. The Hall–Kier alpha value is -0.835. The Morgan fingerprint density at radius 2 is 2.24 bits per heavy atom. The number of allylic oxidation sites excluding steroid dienone is 2. The third-order valence-corrected chi connectivity index (χ3v) is 2.24. The monoisotopic (exact) mass is 298 g/mol. The second kappa shape index (κ2) is 11.6. The van der Waals surface area contributed by atoms with E-state index in [4.69, 9.17) is 4.76 Å². The third-order valence-electron chi connectivity index (χ3n) is 1.98. The van der Waals surface area contributed by atoms with Crippen LogP contribution in [0.1, 0.15) is 32.6 Å². The van der Waals surface area contributed by atoms with Crippen molar-refractivity contribution in [2.75, 3.05) is 6.54 Å². The maximum absolute atomic E-state index is 5.21. The van der Waals surface area contributed by atoms with Crippen molar-refractivity contribution in [2.45, 2.75) is 32.6 Å². The Bertz CT molecular complexity index is 280. The van der Waals surface area contributed by atoms with Crippen molar-refractivity contribution in [3.63, 3.8) is 0 Å². The van der Waals surface area contributed by atoms with E-state index in [0.717, 1.165) is 17.4 Å². The van der Waals surface area contributed by atoms with E-state index in [0.29, 0.717) is 0 Å². The number of hydrogen-bond acceptors (Lipinski definition) is 2. The van der Waals surface area contributed by atoms with Crippen LogP contribution in [-0.2, 0) is 4.76 Å². The van der Waals surface area contributed by atoms with Crippen LogP contribution in [0.4, 0.5) is 0 Å². The van der Waals surface area contributed by atoms with E-state index >= 15 is 0 Å². The molecule has 0 radical (unpaired) electrons. The number of unbranched alkanes of at least 4 members (excludes halogenated alkanes) is 3. The summed E-state index contributed by atoms with van der Waals surface area (Å²) in [5, 5.41) is 1.67. The molecule has 0 unspecified atom stereocenters. The summed E-state index contributed by atoms with van der Waals surface area (Å²) < 4.78 is 6.00. The Balaban J connectivity index is 3.95. The summed E-state index contributed by atoms with van der Waals surface area (Å²) in [6.07, 6.45) is 9.83. The van der Waals surface area contributed by atoms with E-state index < -0.39 is 0 Å². The van der Waals surface area contributed by atoms with E-state index in [2.05, 4.69) is 40.9 Å². The molecular weight excluding hydrogens is 279 g/mol. The molecule has 94 valence electrons.